The van der Waals surface area contributed by atoms with Gasteiger partial charge in [0.2, 0.25) is 0 Å². The minimum absolute atomic E-state index is 1.23. The predicted molar refractivity (Wildman–Crippen MR) is 183 cm³/mol. The van der Waals surface area contributed by atoms with Crippen molar-refractivity contribution in [2.24, 2.45) is 0 Å². The molecule has 2 heterocycles. The van der Waals surface area contributed by atoms with Crippen LogP contribution < -0.4 is 0 Å². The number of rotatable bonds is 3. The smallest absolute Gasteiger partial charge is 0.0361 e. The molecule has 0 amide bonds. The first-order valence-electron chi connectivity index (χ1n) is 14.3. The predicted octanol–water partition coefficient (Wildman–Crippen LogP) is 12.3. The number of benzene rings is 7. The monoisotopic (exact) mass is 568 g/mol. The van der Waals surface area contributed by atoms with Crippen LogP contribution in [0.4, 0.5) is 0 Å². The molecule has 1 aliphatic rings. The fraction of sp³-hybridized carbons (Fsp3) is 0. The molecule has 42 heavy (non-hydrogen) atoms. The number of hydrogen-bond acceptors (Lipinski definition) is 2. The summed E-state index contributed by atoms with van der Waals surface area (Å²) in [5.41, 5.74) is 10.2. The van der Waals surface area contributed by atoms with Gasteiger partial charge in [-0.2, -0.15) is 0 Å². The number of hydrogen-bond donors (Lipinski definition) is 0. The molecule has 0 atom stereocenters. The van der Waals surface area contributed by atoms with Crippen LogP contribution >= 0.6 is 23.1 Å². The van der Waals surface area contributed by atoms with Gasteiger partial charge >= 0.3 is 0 Å². The van der Waals surface area contributed by atoms with Gasteiger partial charge < -0.3 is 0 Å². The van der Waals surface area contributed by atoms with Crippen LogP contribution in [0.5, 0.6) is 0 Å². The molecule has 0 radical (unpaired) electrons. The average Bonchev–Trinajstić information content (AvgIpc) is 3.44. The third-order valence-electron chi connectivity index (χ3n) is 8.46. The van der Waals surface area contributed by atoms with E-state index in [2.05, 4.69) is 146 Å². The van der Waals surface area contributed by atoms with Crippen LogP contribution in [0, 0.1) is 0 Å². The van der Waals surface area contributed by atoms with Gasteiger partial charge in [0.25, 0.3) is 0 Å². The first-order chi connectivity index (χ1) is 20.8. The second kappa shape index (κ2) is 9.46. The SMILES string of the molecule is c1ccc(-c2cc(-c3ccc4c5c(cccc35)-c3ccccc3S4)cc(-c3cccc4sc5ccccc5c34)c2)cc1. The second-order valence-corrected chi connectivity index (χ2v) is 13.0. The molecule has 196 valence electrons. The van der Waals surface area contributed by atoms with Crippen molar-refractivity contribution in [2.75, 3.05) is 0 Å². The zero-order valence-corrected chi connectivity index (χ0v) is 24.3. The van der Waals surface area contributed by atoms with Crippen molar-refractivity contribution >= 4 is 54.0 Å². The fourth-order valence-electron chi connectivity index (χ4n) is 6.58. The Morgan fingerprint density at radius 1 is 0.333 bits per heavy atom. The largest absolute Gasteiger partial charge is 0.135 e. The van der Waals surface area contributed by atoms with Gasteiger partial charge in [-0.15, -0.1) is 11.3 Å². The zero-order valence-electron chi connectivity index (χ0n) is 22.7. The molecule has 0 saturated heterocycles. The van der Waals surface area contributed by atoms with E-state index >= 15 is 0 Å². The summed E-state index contributed by atoms with van der Waals surface area (Å²) in [5.74, 6) is 0. The Morgan fingerprint density at radius 2 is 1.00 bits per heavy atom. The molecule has 9 rings (SSSR count). The molecule has 0 bridgehead atoms. The summed E-state index contributed by atoms with van der Waals surface area (Å²) < 4.78 is 2.67. The van der Waals surface area contributed by atoms with Gasteiger partial charge in [0.15, 0.2) is 0 Å². The summed E-state index contributed by atoms with van der Waals surface area (Å²) in [5, 5.41) is 5.34. The Kier molecular flexibility index (Phi) is 5.41. The van der Waals surface area contributed by atoms with E-state index in [9.17, 15) is 0 Å². The Hall–Kier alpha value is -4.63. The van der Waals surface area contributed by atoms with Gasteiger partial charge in [0, 0.05) is 35.3 Å². The van der Waals surface area contributed by atoms with Gasteiger partial charge in [0.05, 0.1) is 0 Å². The van der Waals surface area contributed by atoms with Crippen LogP contribution in [0.2, 0.25) is 0 Å². The van der Waals surface area contributed by atoms with Crippen LogP contribution in [0.15, 0.2) is 155 Å². The van der Waals surface area contributed by atoms with Crippen molar-refractivity contribution in [3.8, 4) is 44.5 Å². The van der Waals surface area contributed by atoms with E-state index in [0.717, 1.165) is 0 Å². The summed E-state index contributed by atoms with van der Waals surface area (Å²) in [6.07, 6.45) is 0. The third-order valence-corrected chi connectivity index (χ3v) is 10.7. The summed E-state index contributed by atoms with van der Waals surface area (Å²) in [6, 6.07) is 53.7. The fourth-order valence-corrected chi connectivity index (χ4v) is 8.84. The lowest BCUT2D eigenvalue weighted by molar-refractivity contribution is 1.40. The molecule has 8 aromatic rings. The summed E-state index contributed by atoms with van der Waals surface area (Å²) in [7, 11) is 0. The van der Waals surface area contributed by atoms with E-state index in [1.165, 1.54) is 85.2 Å². The van der Waals surface area contributed by atoms with Crippen molar-refractivity contribution in [1.29, 1.82) is 0 Å². The highest BCUT2D eigenvalue weighted by Gasteiger charge is 2.21. The van der Waals surface area contributed by atoms with Crippen LogP contribution in [0.1, 0.15) is 0 Å². The van der Waals surface area contributed by atoms with E-state index < -0.39 is 0 Å². The number of thiophene rings is 1. The zero-order chi connectivity index (χ0) is 27.6. The van der Waals surface area contributed by atoms with E-state index in [0.29, 0.717) is 0 Å². The van der Waals surface area contributed by atoms with E-state index in [1.54, 1.807) is 0 Å². The highest BCUT2D eigenvalue weighted by Crippen LogP contribution is 2.50. The Balaban J connectivity index is 1.33. The van der Waals surface area contributed by atoms with E-state index in [-0.39, 0.29) is 0 Å². The van der Waals surface area contributed by atoms with Crippen molar-refractivity contribution in [1.82, 2.24) is 0 Å². The highest BCUT2D eigenvalue weighted by molar-refractivity contribution is 7.99. The third kappa shape index (κ3) is 3.69. The van der Waals surface area contributed by atoms with Crippen LogP contribution in [0.25, 0.3) is 75.5 Å². The Morgan fingerprint density at radius 3 is 1.93 bits per heavy atom. The maximum absolute atomic E-state index is 2.40. The van der Waals surface area contributed by atoms with Gasteiger partial charge in [-0.1, -0.05) is 115 Å². The normalized spacial score (nSPS) is 12.2. The number of fused-ring (bicyclic) bond motifs is 5. The standard InChI is InChI=1S/C40H24S2/c1-2-10-25(11-3-1)26-22-27(24-28(23-26)30-14-9-19-37-39(30)34-13-5-7-18-36(34)42-37)29-20-21-38-40-32(29)15-8-16-33(40)31-12-4-6-17-35(31)41-38/h1-24H. The molecule has 2 heteroatoms. The second-order valence-electron chi connectivity index (χ2n) is 10.9. The van der Waals surface area contributed by atoms with Gasteiger partial charge in [0.1, 0.15) is 0 Å². The molecule has 0 spiro atoms. The molecule has 1 aliphatic heterocycles. The first-order valence-corrected chi connectivity index (χ1v) is 15.9. The van der Waals surface area contributed by atoms with E-state index in [1.807, 2.05) is 23.1 Å². The van der Waals surface area contributed by atoms with Crippen molar-refractivity contribution in [3.63, 3.8) is 0 Å². The van der Waals surface area contributed by atoms with Gasteiger partial charge in [-0.25, -0.2) is 0 Å². The lowest BCUT2D eigenvalue weighted by Crippen LogP contribution is -1.94. The molecular weight excluding hydrogens is 545 g/mol. The van der Waals surface area contributed by atoms with Crippen LogP contribution in [-0.4, -0.2) is 0 Å². The molecule has 0 saturated carbocycles. The lowest BCUT2D eigenvalue weighted by atomic mass is 9.88. The summed E-state index contributed by atoms with van der Waals surface area (Å²) in [6.45, 7) is 0. The molecule has 0 aliphatic carbocycles. The van der Waals surface area contributed by atoms with Crippen molar-refractivity contribution in [3.05, 3.63) is 146 Å². The maximum Gasteiger partial charge on any atom is 0.0361 e. The van der Waals surface area contributed by atoms with Crippen molar-refractivity contribution in [2.45, 2.75) is 9.79 Å². The molecule has 0 nitrogen and oxygen atoms in total. The highest BCUT2D eigenvalue weighted by atomic mass is 32.2. The summed E-state index contributed by atoms with van der Waals surface area (Å²) >= 11 is 3.76. The van der Waals surface area contributed by atoms with Gasteiger partial charge in [-0.3, -0.25) is 0 Å². The maximum atomic E-state index is 2.40. The topological polar surface area (TPSA) is 0 Å². The molecular formula is C40H24S2. The van der Waals surface area contributed by atoms with Crippen LogP contribution in [0.3, 0.4) is 0 Å². The molecule has 0 N–H and O–H groups in total. The summed E-state index contributed by atoms with van der Waals surface area (Å²) in [4.78, 5) is 2.66. The van der Waals surface area contributed by atoms with E-state index in [4.69, 9.17) is 0 Å². The quantitative estimate of drug-likeness (QED) is 0.204. The van der Waals surface area contributed by atoms with Crippen LogP contribution in [-0.2, 0) is 0 Å². The molecule has 0 unspecified atom stereocenters. The van der Waals surface area contributed by atoms with Gasteiger partial charge in [-0.05, 0) is 92.4 Å². The molecule has 1 aromatic heterocycles. The first kappa shape index (κ1) is 24.0. The Labute approximate surface area is 252 Å². The Bertz CT molecular complexity index is 2330. The molecule has 7 aromatic carbocycles. The molecule has 0 fully saturated rings. The minimum Gasteiger partial charge on any atom is -0.135 e. The van der Waals surface area contributed by atoms with Crippen molar-refractivity contribution < 1.29 is 0 Å². The average molecular weight is 569 g/mol. The lowest BCUT2D eigenvalue weighted by Gasteiger charge is -2.22. The minimum atomic E-state index is 1.23.